The quantitative estimate of drug-likeness (QED) is 0.550. The van der Waals surface area contributed by atoms with Gasteiger partial charge in [-0.25, -0.2) is 0 Å². The minimum absolute atomic E-state index is 0.109. The third-order valence-corrected chi connectivity index (χ3v) is 4.74. The Labute approximate surface area is 175 Å². The number of nitrogens with one attached hydrogen (secondary N) is 2. The number of methoxy groups -OCH3 is 1. The maximum absolute atomic E-state index is 12.2. The zero-order valence-electron chi connectivity index (χ0n) is 16.9. The Hall–Kier alpha value is -3.64. The van der Waals surface area contributed by atoms with Crippen molar-refractivity contribution in [2.75, 3.05) is 19.0 Å². The van der Waals surface area contributed by atoms with Gasteiger partial charge in [-0.15, -0.1) is 0 Å². The Bertz CT molecular complexity index is 1010. The highest BCUT2D eigenvalue weighted by molar-refractivity contribution is 6.39. The van der Waals surface area contributed by atoms with Crippen LogP contribution in [0.15, 0.2) is 78.9 Å². The highest BCUT2D eigenvalue weighted by Gasteiger charge is 2.25. The number of benzene rings is 3. The molecule has 0 fully saturated rings. The molecule has 0 radical (unpaired) electrons. The molecule has 2 amide bonds. The predicted octanol–water partition coefficient (Wildman–Crippen LogP) is 3.32. The number of carbonyl (C=O) groups is 2. The summed E-state index contributed by atoms with van der Waals surface area (Å²) < 4.78 is 5.09. The molecule has 0 spiro atoms. The van der Waals surface area contributed by atoms with Crippen LogP contribution in [0, 0.1) is 0 Å². The number of hydrogen-bond donors (Lipinski definition) is 3. The van der Waals surface area contributed by atoms with Crippen molar-refractivity contribution in [2.24, 2.45) is 0 Å². The molecular formula is C24H24N2O4. The Morgan fingerprint density at radius 2 is 1.57 bits per heavy atom. The topological polar surface area (TPSA) is 87.7 Å². The summed E-state index contributed by atoms with van der Waals surface area (Å²) in [6, 6.07) is 24.0. The van der Waals surface area contributed by atoms with E-state index < -0.39 is 17.4 Å². The van der Waals surface area contributed by atoms with Crippen molar-refractivity contribution in [1.82, 2.24) is 5.32 Å². The monoisotopic (exact) mass is 404 g/mol. The van der Waals surface area contributed by atoms with Crippen LogP contribution in [-0.2, 0) is 15.2 Å². The lowest BCUT2D eigenvalue weighted by molar-refractivity contribution is -0.136. The Morgan fingerprint density at radius 3 is 2.23 bits per heavy atom. The van der Waals surface area contributed by atoms with Crippen molar-refractivity contribution in [3.8, 4) is 16.9 Å². The molecule has 0 saturated heterocycles. The Kier molecular flexibility index (Phi) is 6.49. The van der Waals surface area contributed by atoms with Gasteiger partial charge in [0.2, 0.25) is 0 Å². The molecule has 0 bridgehead atoms. The maximum atomic E-state index is 12.2. The molecular weight excluding hydrogens is 380 g/mol. The molecule has 3 rings (SSSR count). The molecule has 3 aromatic rings. The van der Waals surface area contributed by atoms with Crippen molar-refractivity contribution in [1.29, 1.82) is 0 Å². The van der Waals surface area contributed by atoms with Crippen LogP contribution in [-0.4, -0.2) is 30.6 Å². The Balaban J connectivity index is 1.59. The largest absolute Gasteiger partial charge is 0.497 e. The minimum Gasteiger partial charge on any atom is -0.497 e. The van der Waals surface area contributed by atoms with E-state index in [1.54, 1.807) is 31.2 Å². The summed E-state index contributed by atoms with van der Waals surface area (Å²) in [5.41, 5.74) is 1.85. The van der Waals surface area contributed by atoms with Crippen molar-refractivity contribution in [3.05, 3.63) is 84.4 Å². The standard InChI is InChI=1S/C24H24N2O4/c1-24(29,19-13-11-18(12-14-19)17-7-4-3-5-8-17)16-25-22(27)23(28)26-20-9-6-10-21(15-20)30-2/h3-15,29H,16H2,1-2H3,(H,25,27)(H,26,28). The summed E-state index contributed by atoms with van der Waals surface area (Å²) in [4.78, 5) is 24.3. The molecule has 6 nitrogen and oxygen atoms in total. The summed E-state index contributed by atoms with van der Waals surface area (Å²) in [6.07, 6.45) is 0. The second-order valence-corrected chi connectivity index (χ2v) is 7.09. The van der Waals surface area contributed by atoms with Crippen LogP contribution in [0.5, 0.6) is 5.75 Å². The SMILES string of the molecule is COc1cccc(NC(=O)C(=O)NCC(C)(O)c2ccc(-c3ccccc3)cc2)c1. The summed E-state index contributed by atoms with van der Waals surface area (Å²) >= 11 is 0. The van der Waals surface area contributed by atoms with Crippen molar-refractivity contribution >= 4 is 17.5 Å². The minimum atomic E-state index is -1.33. The van der Waals surface area contributed by atoms with Crippen LogP contribution in [0.25, 0.3) is 11.1 Å². The summed E-state index contributed by atoms with van der Waals surface area (Å²) in [6.45, 7) is 1.48. The Morgan fingerprint density at radius 1 is 0.900 bits per heavy atom. The van der Waals surface area contributed by atoms with Crippen molar-refractivity contribution in [2.45, 2.75) is 12.5 Å². The lowest BCUT2D eigenvalue weighted by Crippen LogP contribution is -2.43. The highest BCUT2D eigenvalue weighted by Crippen LogP contribution is 2.25. The molecule has 0 aliphatic heterocycles. The smallest absolute Gasteiger partial charge is 0.313 e. The first kappa shape index (κ1) is 21.1. The lowest BCUT2D eigenvalue weighted by atomic mass is 9.93. The summed E-state index contributed by atoms with van der Waals surface area (Å²) in [5, 5.41) is 15.8. The fourth-order valence-corrected chi connectivity index (χ4v) is 2.98. The molecule has 30 heavy (non-hydrogen) atoms. The van der Waals surface area contributed by atoms with Gasteiger partial charge in [0.25, 0.3) is 0 Å². The number of carbonyl (C=O) groups excluding carboxylic acids is 2. The number of anilines is 1. The van der Waals surface area contributed by atoms with E-state index in [1.165, 1.54) is 7.11 Å². The van der Waals surface area contributed by atoms with E-state index in [9.17, 15) is 14.7 Å². The predicted molar refractivity (Wildman–Crippen MR) is 116 cm³/mol. The van der Waals surface area contributed by atoms with E-state index in [1.807, 2.05) is 54.6 Å². The van der Waals surface area contributed by atoms with Crippen LogP contribution in [0.2, 0.25) is 0 Å². The van der Waals surface area contributed by atoms with Gasteiger partial charge in [0.15, 0.2) is 0 Å². The van der Waals surface area contributed by atoms with Gasteiger partial charge in [0.1, 0.15) is 11.4 Å². The van der Waals surface area contributed by atoms with Crippen LogP contribution in [0.3, 0.4) is 0 Å². The van der Waals surface area contributed by atoms with E-state index in [0.29, 0.717) is 17.0 Å². The van der Waals surface area contributed by atoms with Gasteiger partial charge in [-0.2, -0.15) is 0 Å². The molecule has 0 aromatic heterocycles. The molecule has 1 unspecified atom stereocenters. The number of aliphatic hydroxyl groups is 1. The van der Waals surface area contributed by atoms with E-state index in [0.717, 1.165) is 11.1 Å². The van der Waals surface area contributed by atoms with E-state index >= 15 is 0 Å². The molecule has 6 heteroatoms. The zero-order chi connectivity index (χ0) is 21.6. The van der Waals surface area contributed by atoms with E-state index in [-0.39, 0.29) is 6.54 Å². The van der Waals surface area contributed by atoms with Crippen LogP contribution < -0.4 is 15.4 Å². The van der Waals surface area contributed by atoms with Crippen LogP contribution in [0.4, 0.5) is 5.69 Å². The van der Waals surface area contributed by atoms with Gasteiger partial charge in [-0.3, -0.25) is 9.59 Å². The van der Waals surface area contributed by atoms with E-state index in [2.05, 4.69) is 10.6 Å². The van der Waals surface area contributed by atoms with Crippen LogP contribution in [0.1, 0.15) is 12.5 Å². The maximum Gasteiger partial charge on any atom is 0.313 e. The first-order chi connectivity index (χ1) is 14.4. The molecule has 3 N–H and O–H groups in total. The normalized spacial score (nSPS) is 12.5. The molecule has 0 saturated carbocycles. The summed E-state index contributed by atoms with van der Waals surface area (Å²) in [7, 11) is 1.52. The summed E-state index contributed by atoms with van der Waals surface area (Å²) in [5.74, 6) is -1.09. The van der Waals surface area contributed by atoms with Crippen molar-refractivity contribution in [3.63, 3.8) is 0 Å². The molecule has 154 valence electrons. The molecule has 3 aromatic carbocycles. The third-order valence-electron chi connectivity index (χ3n) is 4.74. The first-order valence-corrected chi connectivity index (χ1v) is 9.50. The van der Waals surface area contributed by atoms with Crippen LogP contribution >= 0.6 is 0 Å². The molecule has 0 aliphatic carbocycles. The van der Waals surface area contributed by atoms with Crippen molar-refractivity contribution < 1.29 is 19.4 Å². The third kappa shape index (κ3) is 5.24. The molecule has 0 aliphatic rings. The second-order valence-electron chi connectivity index (χ2n) is 7.09. The average Bonchev–Trinajstić information content (AvgIpc) is 2.78. The van der Waals surface area contributed by atoms with Gasteiger partial charge in [0.05, 0.1) is 13.7 Å². The van der Waals surface area contributed by atoms with Gasteiger partial charge >= 0.3 is 11.8 Å². The second kappa shape index (κ2) is 9.24. The number of hydrogen-bond acceptors (Lipinski definition) is 4. The van der Waals surface area contributed by atoms with Gasteiger partial charge in [0, 0.05) is 11.8 Å². The fraction of sp³-hybridized carbons (Fsp3) is 0.167. The number of amides is 2. The number of ether oxygens (including phenoxy) is 1. The van der Waals surface area contributed by atoms with Gasteiger partial charge in [-0.05, 0) is 35.7 Å². The lowest BCUT2D eigenvalue weighted by Gasteiger charge is -2.24. The first-order valence-electron chi connectivity index (χ1n) is 9.50. The molecule has 1 atom stereocenters. The fourth-order valence-electron chi connectivity index (χ4n) is 2.98. The average molecular weight is 404 g/mol. The zero-order valence-corrected chi connectivity index (χ0v) is 16.9. The molecule has 0 heterocycles. The van der Waals surface area contributed by atoms with Gasteiger partial charge in [-0.1, -0.05) is 60.7 Å². The van der Waals surface area contributed by atoms with E-state index in [4.69, 9.17) is 4.74 Å². The van der Waals surface area contributed by atoms with Gasteiger partial charge < -0.3 is 20.5 Å². The highest BCUT2D eigenvalue weighted by atomic mass is 16.5. The number of rotatable bonds is 6.